The van der Waals surface area contributed by atoms with Crippen molar-refractivity contribution in [2.45, 2.75) is 80.7 Å². The van der Waals surface area contributed by atoms with Gasteiger partial charge in [-0.25, -0.2) is 0 Å². The molecule has 4 aliphatic heterocycles. The predicted molar refractivity (Wildman–Crippen MR) is 176 cm³/mol. The van der Waals surface area contributed by atoms with Crippen molar-refractivity contribution in [1.82, 2.24) is 10.4 Å². The van der Waals surface area contributed by atoms with Crippen LogP contribution in [0.4, 0.5) is 0 Å². The summed E-state index contributed by atoms with van der Waals surface area (Å²) in [4.78, 5) is 35.2. The summed E-state index contributed by atoms with van der Waals surface area (Å²) in [5, 5.41) is 14.1. The SMILES string of the molecule is O=C1O[C@@H]2C[C@@]3(C(=O)NCCO)[C@H](ON(Cc4ccccc4C=CC4CCC5OC5C4)[C@@H]13)[C@H]1OC(c3ccccc3)(c3ccccc3)O[C@H]12. The number of aliphatic hydroxyl groups excluding tert-OH is 1. The quantitative estimate of drug-likeness (QED) is 0.260. The minimum absolute atomic E-state index is 0.0462. The van der Waals surface area contributed by atoms with Crippen LogP contribution in [-0.2, 0) is 45.7 Å². The van der Waals surface area contributed by atoms with Gasteiger partial charge in [0.2, 0.25) is 11.7 Å². The van der Waals surface area contributed by atoms with Crippen LogP contribution in [0.2, 0.25) is 0 Å². The van der Waals surface area contributed by atoms with Crippen LogP contribution in [0.5, 0.6) is 0 Å². The predicted octanol–water partition coefficient (Wildman–Crippen LogP) is 3.86. The van der Waals surface area contributed by atoms with E-state index in [-0.39, 0.29) is 32.0 Å². The first-order valence-corrected chi connectivity index (χ1v) is 17.4. The van der Waals surface area contributed by atoms with Crippen LogP contribution >= 0.6 is 0 Å². The molecule has 3 aromatic rings. The Morgan fingerprint density at radius 1 is 0.898 bits per heavy atom. The van der Waals surface area contributed by atoms with Crippen LogP contribution in [0.25, 0.3) is 6.08 Å². The number of aliphatic hydroxyl groups is 1. The first-order valence-electron chi connectivity index (χ1n) is 17.4. The number of benzene rings is 3. The largest absolute Gasteiger partial charge is 0.458 e. The Morgan fingerprint density at radius 3 is 2.35 bits per heavy atom. The molecule has 2 saturated carbocycles. The lowest BCUT2D eigenvalue weighted by Crippen LogP contribution is -2.69. The number of esters is 1. The Hall–Kier alpha value is -3.90. The Labute approximate surface area is 284 Å². The lowest BCUT2D eigenvalue weighted by atomic mass is 9.62. The van der Waals surface area contributed by atoms with E-state index in [1.165, 1.54) is 0 Å². The van der Waals surface area contributed by atoms with Gasteiger partial charge in [0.25, 0.3) is 0 Å². The average molecular weight is 665 g/mol. The number of hydroxylamine groups is 2. The fraction of sp³-hybridized carbons (Fsp3) is 0.436. The number of hydrogen-bond acceptors (Lipinski definition) is 9. The first-order chi connectivity index (χ1) is 24.0. The van der Waals surface area contributed by atoms with Gasteiger partial charge >= 0.3 is 5.97 Å². The molecule has 0 aromatic heterocycles. The van der Waals surface area contributed by atoms with Gasteiger partial charge in [-0.3, -0.25) is 14.4 Å². The van der Waals surface area contributed by atoms with Crippen molar-refractivity contribution in [1.29, 1.82) is 0 Å². The van der Waals surface area contributed by atoms with Gasteiger partial charge in [0, 0.05) is 24.1 Å². The zero-order chi connectivity index (χ0) is 33.2. The first kappa shape index (κ1) is 31.1. The molecule has 9 rings (SSSR count). The van der Waals surface area contributed by atoms with E-state index >= 15 is 0 Å². The monoisotopic (exact) mass is 664 g/mol. The summed E-state index contributed by atoms with van der Waals surface area (Å²) in [6.45, 7) is 0.0565. The number of ether oxygens (including phenoxy) is 4. The van der Waals surface area contributed by atoms with Crippen molar-refractivity contribution < 1.29 is 38.5 Å². The second-order valence-electron chi connectivity index (χ2n) is 14.1. The molecule has 0 spiro atoms. The van der Waals surface area contributed by atoms with Gasteiger partial charge in [-0.1, -0.05) is 97.1 Å². The number of carbonyl (C=O) groups excluding carboxylic acids is 2. The molecule has 9 atom stereocenters. The van der Waals surface area contributed by atoms with E-state index in [4.69, 9.17) is 23.8 Å². The van der Waals surface area contributed by atoms with E-state index < -0.39 is 47.6 Å². The van der Waals surface area contributed by atoms with E-state index in [9.17, 15) is 14.7 Å². The highest BCUT2D eigenvalue weighted by atomic mass is 16.8. The Bertz CT molecular complexity index is 1710. The standard InChI is InChI=1S/C39H40N2O8/c42-20-19-40-37(44)38-22-31-32-33(48-39(47-32,27-11-3-1-4-12-27)28-13-5-2-6-14-28)35(38)49-41(34(38)36(43)46-31)23-26-10-8-7-9-25(26)17-15-24-16-18-29-30(21-24)45-29/h1-15,17,24,29-35,42H,16,18-23H2,(H,40,44)/t24?,29?,30?,31-,32+,33+,34+,35-,38+/m1/s1. The number of nitrogens with one attached hydrogen (secondary N) is 1. The lowest BCUT2D eigenvalue weighted by Gasteiger charge is -2.48. The molecule has 2 N–H and O–H groups in total. The van der Waals surface area contributed by atoms with Gasteiger partial charge in [0.1, 0.15) is 29.8 Å². The molecule has 1 amide bonds. The van der Waals surface area contributed by atoms with Gasteiger partial charge < -0.3 is 29.4 Å². The number of fused-ring (bicyclic) bond motifs is 5. The summed E-state index contributed by atoms with van der Waals surface area (Å²) >= 11 is 0. The van der Waals surface area contributed by atoms with Gasteiger partial charge in [0.15, 0.2) is 6.04 Å². The normalized spacial score (nSPS) is 35.4. The molecular formula is C39H40N2O8. The third-order valence-corrected chi connectivity index (χ3v) is 11.3. The van der Waals surface area contributed by atoms with E-state index in [0.29, 0.717) is 18.1 Å². The van der Waals surface area contributed by atoms with Crippen LogP contribution in [0.3, 0.4) is 0 Å². The van der Waals surface area contributed by atoms with Crippen molar-refractivity contribution in [3.8, 4) is 0 Å². The molecule has 6 fully saturated rings. The molecule has 2 aliphatic carbocycles. The van der Waals surface area contributed by atoms with Crippen molar-refractivity contribution in [3.63, 3.8) is 0 Å². The highest BCUT2D eigenvalue weighted by Gasteiger charge is 2.76. The Kier molecular flexibility index (Phi) is 7.72. The van der Waals surface area contributed by atoms with Crippen molar-refractivity contribution in [3.05, 3.63) is 113 Å². The van der Waals surface area contributed by atoms with Gasteiger partial charge in [-0.2, -0.15) is 5.06 Å². The molecule has 6 aliphatic rings. The molecule has 10 nitrogen and oxygen atoms in total. The number of nitrogens with zero attached hydrogens (tertiary/aromatic N) is 1. The number of allylic oxidation sites excluding steroid dienone is 1. The fourth-order valence-electron chi connectivity index (χ4n) is 8.88. The molecule has 2 bridgehead atoms. The van der Waals surface area contributed by atoms with Gasteiger partial charge in [-0.15, -0.1) is 0 Å². The summed E-state index contributed by atoms with van der Waals surface area (Å²) in [5.74, 6) is -1.77. The summed E-state index contributed by atoms with van der Waals surface area (Å²) in [6, 6.07) is 26.4. The molecule has 3 aromatic carbocycles. The summed E-state index contributed by atoms with van der Waals surface area (Å²) in [5.41, 5.74) is 2.20. The highest BCUT2D eigenvalue weighted by molar-refractivity contribution is 5.93. The summed E-state index contributed by atoms with van der Waals surface area (Å²) < 4.78 is 25.8. The van der Waals surface area contributed by atoms with Crippen LogP contribution in [0.15, 0.2) is 91.0 Å². The number of rotatable bonds is 9. The zero-order valence-electron chi connectivity index (χ0n) is 27.1. The van der Waals surface area contributed by atoms with Crippen LogP contribution < -0.4 is 5.32 Å². The van der Waals surface area contributed by atoms with E-state index in [0.717, 1.165) is 41.5 Å². The third-order valence-electron chi connectivity index (χ3n) is 11.3. The Morgan fingerprint density at radius 2 is 1.61 bits per heavy atom. The number of carbonyl (C=O) groups is 2. The van der Waals surface area contributed by atoms with Crippen LogP contribution in [0.1, 0.15) is 47.9 Å². The smallest absolute Gasteiger partial charge is 0.327 e. The minimum atomic E-state index is -1.34. The third kappa shape index (κ3) is 5.08. The van der Waals surface area contributed by atoms with Crippen LogP contribution in [-0.4, -0.2) is 77.9 Å². The molecule has 10 heteroatoms. The maximum Gasteiger partial charge on any atom is 0.327 e. The fourth-order valence-corrected chi connectivity index (χ4v) is 8.88. The van der Waals surface area contributed by atoms with E-state index in [1.807, 2.05) is 78.9 Å². The average Bonchev–Trinajstić information content (AvgIpc) is 3.65. The molecule has 3 unspecified atom stereocenters. The molecule has 4 heterocycles. The molecule has 0 radical (unpaired) electrons. The zero-order valence-corrected chi connectivity index (χ0v) is 27.1. The number of hydrogen-bond donors (Lipinski definition) is 2. The topological polar surface area (TPSA) is 119 Å². The minimum Gasteiger partial charge on any atom is -0.458 e. The number of amides is 1. The molecule has 254 valence electrons. The molecular weight excluding hydrogens is 624 g/mol. The van der Waals surface area contributed by atoms with Crippen LogP contribution in [0, 0.1) is 11.3 Å². The van der Waals surface area contributed by atoms with Gasteiger partial charge in [0.05, 0.1) is 25.4 Å². The van der Waals surface area contributed by atoms with Crippen molar-refractivity contribution >= 4 is 18.0 Å². The Balaban J connectivity index is 1.08. The maximum atomic E-state index is 14.3. The second kappa shape index (κ2) is 12.2. The van der Waals surface area contributed by atoms with Crippen molar-refractivity contribution in [2.24, 2.45) is 11.3 Å². The summed E-state index contributed by atoms with van der Waals surface area (Å²) in [6.07, 6.45) is 5.64. The molecule has 4 saturated heterocycles. The second-order valence-corrected chi connectivity index (χ2v) is 14.1. The summed E-state index contributed by atoms with van der Waals surface area (Å²) in [7, 11) is 0. The number of epoxide rings is 1. The van der Waals surface area contributed by atoms with Gasteiger partial charge in [-0.05, 0) is 36.3 Å². The van der Waals surface area contributed by atoms with Crippen molar-refractivity contribution in [2.75, 3.05) is 13.2 Å². The van der Waals surface area contributed by atoms with E-state index in [2.05, 4.69) is 23.5 Å². The van der Waals surface area contributed by atoms with E-state index in [1.54, 1.807) is 5.06 Å². The highest BCUT2D eigenvalue weighted by Crippen LogP contribution is 2.59. The molecule has 49 heavy (non-hydrogen) atoms. The lowest BCUT2D eigenvalue weighted by molar-refractivity contribution is -0.213. The maximum absolute atomic E-state index is 14.3.